The van der Waals surface area contributed by atoms with Crippen LogP contribution in [-0.4, -0.2) is 48.3 Å². The number of ether oxygens (including phenoxy) is 1. The monoisotopic (exact) mass is 366 g/mol. The van der Waals surface area contributed by atoms with Gasteiger partial charge in [0.25, 0.3) is 0 Å². The van der Waals surface area contributed by atoms with Crippen molar-refractivity contribution < 1.29 is 14.3 Å². The number of carbonyl (C=O) groups is 2. The summed E-state index contributed by atoms with van der Waals surface area (Å²) in [4.78, 5) is 25.7. The van der Waals surface area contributed by atoms with E-state index in [1.54, 1.807) is 0 Å². The third-order valence-corrected chi connectivity index (χ3v) is 4.61. The highest BCUT2D eigenvalue weighted by atomic mass is 35.5. The molecular formula is C19H27ClN2O3. The van der Waals surface area contributed by atoms with E-state index in [1.807, 2.05) is 36.1 Å². The Morgan fingerprint density at radius 1 is 1.24 bits per heavy atom. The zero-order chi connectivity index (χ0) is 18.1. The third-order valence-electron chi connectivity index (χ3n) is 4.42. The molecule has 1 heterocycles. The SMILES string of the molecule is Cc1ccccc1OCCCC(=O)NC1CCN(C(=O)CCCl)CC1. The molecule has 138 valence electrons. The van der Waals surface area contributed by atoms with Crippen LogP contribution >= 0.6 is 11.6 Å². The van der Waals surface area contributed by atoms with Crippen LogP contribution in [0.4, 0.5) is 0 Å². The van der Waals surface area contributed by atoms with Crippen molar-refractivity contribution in [1.29, 1.82) is 0 Å². The van der Waals surface area contributed by atoms with E-state index in [1.165, 1.54) is 0 Å². The average Bonchev–Trinajstić information content (AvgIpc) is 2.61. The van der Waals surface area contributed by atoms with Crippen molar-refractivity contribution >= 4 is 23.4 Å². The van der Waals surface area contributed by atoms with Gasteiger partial charge in [-0.2, -0.15) is 0 Å². The van der Waals surface area contributed by atoms with Crippen LogP contribution in [0.15, 0.2) is 24.3 Å². The van der Waals surface area contributed by atoms with E-state index in [4.69, 9.17) is 16.3 Å². The minimum Gasteiger partial charge on any atom is -0.493 e. The van der Waals surface area contributed by atoms with Gasteiger partial charge in [0, 0.05) is 37.9 Å². The molecule has 2 amide bonds. The molecule has 1 saturated heterocycles. The quantitative estimate of drug-likeness (QED) is 0.568. The van der Waals surface area contributed by atoms with Crippen LogP contribution in [0.25, 0.3) is 0 Å². The second-order valence-corrected chi connectivity index (χ2v) is 6.76. The van der Waals surface area contributed by atoms with Gasteiger partial charge in [0.2, 0.25) is 11.8 Å². The Morgan fingerprint density at radius 3 is 2.64 bits per heavy atom. The smallest absolute Gasteiger partial charge is 0.223 e. The molecule has 0 atom stereocenters. The number of hydrogen-bond donors (Lipinski definition) is 1. The molecule has 0 aliphatic carbocycles. The van der Waals surface area contributed by atoms with Gasteiger partial charge in [-0.15, -0.1) is 11.6 Å². The number of nitrogens with one attached hydrogen (secondary N) is 1. The molecule has 2 rings (SSSR count). The molecule has 0 bridgehead atoms. The lowest BCUT2D eigenvalue weighted by Gasteiger charge is -2.32. The summed E-state index contributed by atoms with van der Waals surface area (Å²) in [6.45, 7) is 3.92. The summed E-state index contributed by atoms with van der Waals surface area (Å²) in [5, 5.41) is 3.06. The first kappa shape index (κ1) is 19.6. The van der Waals surface area contributed by atoms with Gasteiger partial charge < -0.3 is 15.0 Å². The molecule has 0 unspecified atom stereocenters. The Kier molecular flexibility index (Phi) is 8.06. The summed E-state index contributed by atoms with van der Waals surface area (Å²) in [5.41, 5.74) is 1.10. The van der Waals surface area contributed by atoms with Crippen LogP contribution in [0.3, 0.4) is 0 Å². The van der Waals surface area contributed by atoms with E-state index in [-0.39, 0.29) is 17.9 Å². The minimum atomic E-state index is 0.0546. The highest BCUT2D eigenvalue weighted by Gasteiger charge is 2.23. The first-order valence-electron chi connectivity index (χ1n) is 8.91. The Hall–Kier alpha value is -1.75. The number of halogens is 1. The molecule has 25 heavy (non-hydrogen) atoms. The van der Waals surface area contributed by atoms with E-state index in [0.29, 0.717) is 44.8 Å². The summed E-state index contributed by atoms with van der Waals surface area (Å²) in [5.74, 6) is 1.39. The summed E-state index contributed by atoms with van der Waals surface area (Å²) < 4.78 is 5.71. The Labute approximate surface area is 154 Å². The van der Waals surface area contributed by atoms with Gasteiger partial charge in [0.05, 0.1) is 6.61 Å². The van der Waals surface area contributed by atoms with Crippen LogP contribution in [-0.2, 0) is 9.59 Å². The molecule has 0 spiro atoms. The predicted octanol–water partition coefficient (Wildman–Crippen LogP) is 2.89. The van der Waals surface area contributed by atoms with Gasteiger partial charge in [-0.1, -0.05) is 18.2 Å². The van der Waals surface area contributed by atoms with Crippen LogP contribution in [0, 0.1) is 6.92 Å². The van der Waals surface area contributed by atoms with E-state index in [0.717, 1.165) is 24.2 Å². The van der Waals surface area contributed by atoms with Gasteiger partial charge in [-0.3, -0.25) is 9.59 Å². The van der Waals surface area contributed by atoms with Crippen molar-refractivity contribution in [3.05, 3.63) is 29.8 Å². The number of hydrogen-bond acceptors (Lipinski definition) is 3. The number of amides is 2. The average molecular weight is 367 g/mol. The summed E-state index contributed by atoms with van der Waals surface area (Å²) >= 11 is 5.61. The fourth-order valence-electron chi connectivity index (χ4n) is 2.95. The van der Waals surface area contributed by atoms with Crippen molar-refractivity contribution in [2.75, 3.05) is 25.6 Å². The predicted molar refractivity (Wildman–Crippen MR) is 99.0 cm³/mol. The normalized spacial score (nSPS) is 15.0. The molecule has 0 aromatic heterocycles. The highest BCUT2D eigenvalue weighted by molar-refractivity contribution is 6.18. The lowest BCUT2D eigenvalue weighted by Crippen LogP contribution is -2.46. The first-order chi connectivity index (χ1) is 12.1. The molecule has 1 N–H and O–H groups in total. The molecule has 1 aromatic carbocycles. The molecule has 5 nitrogen and oxygen atoms in total. The number of alkyl halides is 1. The largest absolute Gasteiger partial charge is 0.493 e. The highest BCUT2D eigenvalue weighted by Crippen LogP contribution is 2.16. The van der Waals surface area contributed by atoms with E-state index in [2.05, 4.69) is 5.32 Å². The van der Waals surface area contributed by atoms with Gasteiger partial charge >= 0.3 is 0 Å². The molecule has 0 radical (unpaired) electrons. The standard InChI is InChI=1S/C19H27ClN2O3/c1-15-5-2-3-6-17(15)25-14-4-7-18(23)21-16-9-12-22(13-10-16)19(24)8-11-20/h2-3,5-6,16H,4,7-14H2,1H3,(H,21,23). The van der Waals surface area contributed by atoms with Gasteiger partial charge in [0.15, 0.2) is 0 Å². The second-order valence-electron chi connectivity index (χ2n) is 6.38. The number of piperidine rings is 1. The fourth-order valence-corrected chi connectivity index (χ4v) is 3.11. The van der Waals surface area contributed by atoms with Crippen molar-refractivity contribution in [3.63, 3.8) is 0 Å². The summed E-state index contributed by atoms with van der Waals surface area (Å²) in [6.07, 6.45) is 3.14. The molecule has 0 saturated carbocycles. The molecule has 1 aliphatic heterocycles. The van der Waals surface area contributed by atoms with Gasteiger partial charge in [-0.25, -0.2) is 0 Å². The maximum atomic E-state index is 12.0. The van der Waals surface area contributed by atoms with E-state index < -0.39 is 0 Å². The number of aryl methyl sites for hydroxylation is 1. The molecular weight excluding hydrogens is 340 g/mol. The number of likely N-dealkylation sites (tertiary alicyclic amines) is 1. The molecule has 1 aromatic rings. The van der Waals surface area contributed by atoms with Crippen molar-refractivity contribution in [2.24, 2.45) is 0 Å². The summed E-state index contributed by atoms with van der Waals surface area (Å²) in [6, 6.07) is 8.02. The van der Waals surface area contributed by atoms with Crippen LogP contribution in [0.1, 0.15) is 37.7 Å². The molecule has 1 aliphatic rings. The molecule has 1 fully saturated rings. The molecule has 6 heteroatoms. The second kappa shape index (κ2) is 10.3. The Morgan fingerprint density at radius 2 is 1.96 bits per heavy atom. The maximum Gasteiger partial charge on any atom is 0.223 e. The minimum absolute atomic E-state index is 0.0546. The Balaban J connectivity index is 1.60. The van der Waals surface area contributed by atoms with Crippen LogP contribution in [0.5, 0.6) is 5.75 Å². The number of carbonyl (C=O) groups excluding carboxylic acids is 2. The lowest BCUT2D eigenvalue weighted by atomic mass is 10.0. The zero-order valence-electron chi connectivity index (χ0n) is 14.8. The lowest BCUT2D eigenvalue weighted by molar-refractivity contribution is -0.132. The summed E-state index contributed by atoms with van der Waals surface area (Å²) in [7, 11) is 0. The third kappa shape index (κ3) is 6.58. The fraction of sp³-hybridized carbons (Fsp3) is 0.579. The van der Waals surface area contributed by atoms with Crippen molar-refractivity contribution in [1.82, 2.24) is 10.2 Å². The van der Waals surface area contributed by atoms with E-state index >= 15 is 0 Å². The van der Waals surface area contributed by atoms with Crippen molar-refractivity contribution in [3.8, 4) is 5.75 Å². The van der Waals surface area contributed by atoms with E-state index in [9.17, 15) is 9.59 Å². The number of benzene rings is 1. The number of rotatable bonds is 8. The Bertz CT molecular complexity index is 572. The first-order valence-corrected chi connectivity index (χ1v) is 9.45. The number of nitrogens with zero attached hydrogens (tertiary/aromatic N) is 1. The number of para-hydroxylation sites is 1. The van der Waals surface area contributed by atoms with Gasteiger partial charge in [0.1, 0.15) is 5.75 Å². The topological polar surface area (TPSA) is 58.6 Å². The van der Waals surface area contributed by atoms with Gasteiger partial charge in [-0.05, 0) is 37.8 Å². The zero-order valence-corrected chi connectivity index (χ0v) is 15.6. The van der Waals surface area contributed by atoms with Crippen LogP contribution < -0.4 is 10.1 Å². The maximum absolute atomic E-state index is 12.0. The van der Waals surface area contributed by atoms with Crippen molar-refractivity contribution in [2.45, 2.75) is 45.1 Å². The van der Waals surface area contributed by atoms with Crippen LogP contribution in [0.2, 0.25) is 0 Å².